The summed E-state index contributed by atoms with van der Waals surface area (Å²) in [5, 5.41) is 10.9. The van der Waals surface area contributed by atoms with E-state index < -0.39 is 0 Å². The Morgan fingerprint density at radius 3 is 2.47 bits per heavy atom. The lowest BCUT2D eigenvalue weighted by Gasteiger charge is -2.33. The van der Waals surface area contributed by atoms with Crippen molar-refractivity contribution in [1.29, 1.82) is 5.26 Å². The second-order valence-electron chi connectivity index (χ2n) is 4.38. The molecule has 1 saturated heterocycles. The first-order valence-corrected chi connectivity index (χ1v) is 6.31. The molecule has 1 fully saturated rings. The summed E-state index contributed by atoms with van der Waals surface area (Å²) >= 11 is 0. The Morgan fingerprint density at radius 1 is 1.26 bits per heavy atom. The highest BCUT2D eigenvalue weighted by molar-refractivity contribution is 5.78. The molecule has 1 heterocycles. The smallest absolute Gasteiger partial charge is 0.306 e. The summed E-state index contributed by atoms with van der Waals surface area (Å²) in [4.78, 5) is 26.7. The number of nitrogens with zero attached hydrogens (tertiary/aromatic N) is 3. The normalized spacial score (nSPS) is 16.6. The molecule has 106 valence electrons. The van der Waals surface area contributed by atoms with Crippen LogP contribution in [0.25, 0.3) is 0 Å². The number of ether oxygens (including phenoxy) is 1. The number of nitriles is 1. The van der Waals surface area contributed by atoms with Gasteiger partial charge in [-0.3, -0.25) is 14.5 Å². The maximum atomic E-state index is 11.4. The van der Waals surface area contributed by atoms with Crippen LogP contribution in [-0.4, -0.2) is 74.6 Å². The molecule has 1 aliphatic heterocycles. The third kappa shape index (κ3) is 6.18. The van der Waals surface area contributed by atoms with Gasteiger partial charge in [0.25, 0.3) is 0 Å². The molecule has 0 saturated carbocycles. The van der Waals surface area contributed by atoms with Gasteiger partial charge in [-0.2, -0.15) is 5.26 Å². The zero-order chi connectivity index (χ0) is 14.1. The van der Waals surface area contributed by atoms with Crippen LogP contribution in [0, 0.1) is 11.3 Å². The molecule has 0 atom stereocenters. The Kier molecular flexibility index (Phi) is 6.85. The van der Waals surface area contributed by atoms with Gasteiger partial charge in [-0.15, -0.1) is 0 Å². The minimum absolute atomic E-state index is 0.0535. The zero-order valence-corrected chi connectivity index (χ0v) is 11.2. The van der Waals surface area contributed by atoms with Crippen LogP contribution >= 0.6 is 0 Å². The number of hydrogen-bond donors (Lipinski definition) is 1. The monoisotopic (exact) mass is 268 g/mol. The summed E-state index contributed by atoms with van der Waals surface area (Å²) in [6.07, 6.45) is 0.402. The van der Waals surface area contributed by atoms with Crippen LogP contribution in [-0.2, 0) is 14.3 Å². The number of piperazine rings is 1. The average Bonchev–Trinajstić information content (AvgIpc) is 2.44. The van der Waals surface area contributed by atoms with Crippen molar-refractivity contribution in [3.8, 4) is 6.07 Å². The minimum Gasteiger partial charge on any atom is -0.469 e. The number of carbonyl (C=O) groups is 2. The maximum absolute atomic E-state index is 11.4. The zero-order valence-electron chi connectivity index (χ0n) is 11.2. The van der Waals surface area contributed by atoms with Crippen molar-refractivity contribution in [2.45, 2.75) is 6.42 Å². The number of amides is 1. The summed E-state index contributed by atoms with van der Waals surface area (Å²) in [6.45, 7) is 4.33. The van der Waals surface area contributed by atoms with E-state index in [1.807, 2.05) is 11.0 Å². The van der Waals surface area contributed by atoms with Crippen molar-refractivity contribution in [2.75, 3.05) is 52.9 Å². The molecule has 0 radical (unpaired) electrons. The number of nitrogens with one attached hydrogen (secondary N) is 1. The predicted molar refractivity (Wildman–Crippen MR) is 68.1 cm³/mol. The molecule has 0 unspecified atom stereocenters. The van der Waals surface area contributed by atoms with Crippen LogP contribution < -0.4 is 5.32 Å². The molecule has 0 bridgehead atoms. The van der Waals surface area contributed by atoms with Gasteiger partial charge in [0.1, 0.15) is 6.54 Å². The summed E-state index contributed by atoms with van der Waals surface area (Å²) in [6, 6.07) is 1.87. The lowest BCUT2D eigenvalue weighted by Crippen LogP contribution is -2.49. The first-order chi connectivity index (χ1) is 9.15. The van der Waals surface area contributed by atoms with E-state index in [1.165, 1.54) is 7.11 Å². The first-order valence-electron chi connectivity index (χ1n) is 6.31. The average molecular weight is 268 g/mol. The molecule has 0 aliphatic carbocycles. The molecule has 1 N–H and O–H groups in total. The van der Waals surface area contributed by atoms with Crippen molar-refractivity contribution >= 4 is 11.9 Å². The standard InChI is InChI=1S/C12H20N4O3/c1-19-12(18)2-5-15-6-8-16(9-7-15)10-11(17)14-4-3-13/h2,4-10H2,1H3,(H,14,17). The van der Waals surface area contributed by atoms with Crippen molar-refractivity contribution in [3.63, 3.8) is 0 Å². The van der Waals surface area contributed by atoms with E-state index in [2.05, 4.69) is 15.0 Å². The van der Waals surface area contributed by atoms with Gasteiger partial charge in [-0.1, -0.05) is 0 Å². The van der Waals surface area contributed by atoms with Crippen molar-refractivity contribution in [1.82, 2.24) is 15.1 Å². The third-order valence-corrected chi connectivity index (χ3v) is 3.06. The molecule has 1 amide bonds. The lowest BCUT2D eigenvalue weighted by atomic mass is 10.3. The van der Waals surface area contributed by atoms with E-state index in [1.54, 1.807) is 0 Å². The van der Waals surface area contributed by atoms with Gasteiger partial charge in [0.15, 0.2) is 0 Å². The molecular weight excluding hydrogens is 248 g/mol. The number of esters is 1. The van der Waals surface area contributed by atoms with Gasteiger partial charge < -0.3 is 15.0 Å². The van der Waals surface area contributed by atoms with Gasteiger partial charge in [-0.05, 0) is 0 Å². The highest BCUT2D eigenvalue weighted by Gasteiger charge is 2.19. The molecule has 0 aromatic heterocycles. The molecule has 0 spiro atoms. The van der Waals surface area contributed by atoms with Gasteiger partial charge in [0, 0.05) is 32.7 Å². The SMILES string of the molecule is COC(=O)CCN1CCN(CC(=O)NCC#N)CC1. The maximum Gasteiger partial charge on any atom is 0.306 e. The van der Waals surface area contributed by atoms with Gasteiger partial charge in [0.2, 0.25) is 5.91 Å². The topological polar surface area (TPSA) is 85.7 Å². The molecule has 19 heavy (non-hydrogen) atoms. The van der Waals surface area contributed by atoms with E-state index in [-0.39, 0.29) is 18.4 Å². The highest BCUT2D eigenvalue weighted by Crippen LogP contribution is 2.02. The number of methoxy groups -OCH3 is 1. The van der Waals surface area contributed by atoms with E-state index in [4.69, 9.17) is 5.26 Å². The Bertz CT molecular complexity index is 345. The van der Waals surface area contributed by atoms with E-state index in [0.29, 0.717) is 19.5 Å². The highest BCUT2D eigenvalue weighted by atomic mass is 16.5. The molecule has 7 nitrogen and oxygen atoms in total. The van der Waals surface area contributed by atoms with Gasteiger partial charge in [-0.25, -0.2) is 0 Å². The minimum atomic E-state index is -0.196. The van der Waals surface area contributed by atoms with Crippen molar-refractivity contribution < 1.29 is 14.3 Å². The molecule has 1 aliphatic rings. The number of rotatable bonds is 6. The van der Waals surface area contributed by atoms with Crippen LogP contribution in [0.2, 0.25) is 0 Å². The van der Waals surface area contributed by atoms with E-state index in [0.717, 1.165) is 26.2 Å². The quantitative estimate of drug-likeness (QED) is 0.481. The van der Waals surface area contributed by atoms with Gasteiger partial charge >= 0.3 is 5.97 Å². The van der Waals surface area contributed by atoms with Crippen LogP contribution in [0.1, 0.15) is 6.42 Å². The largest absolute Gasteiger partial charge is 0.469 e. The van der Waals surface area contributed by atoms with Gasteiger partial charge in [0.05, 0.1) is 26.1 Å². The Morgan fingerprint density at radius 2 is 1.89 bits per heavy atom. The van der Waals surface area contributed by atoms with Crippen LogP contribution in [0.15, 0.2) is 0 Å². The summed E-state index contributed by atoms with van der Waals surface area (Å²) in [5.41, 5.74) is 0. The molecule has 7 heteroatoms. The fraction of sp³-hybridized carbons (Fsp3) is 0.750. The van der Waals surface area contributed by atoms with Crippen LogP contribution in [0.5, 0.6) is 0 Å². The number of hydrogen-bond acceptors (Lipinski definition) is 6. The molecular formula is C12H20N4O3. The fourth-order valence-electron chi connectivity index (χ4n) is 1.92. The van der Waals surface area contributed by atoms with Crippen LogP contribution in [0.3, 0.4) is 0 Å². The second-order valence-corrected chi connectivity index (χ2v) is 4.38. The molecule has 0 aromatic rings. The van der Waals surface area contributed by atoms with Crippen LogP contribution in [0.4, 0.5) is 0 Å². The predicted octanol–water partition coefficient (Wildman–Crippen LogP) is -1.19. The summed E-state index contributed by atoms with van der Waals surface area (Å²) in [5.74, 6) is -0.317. The molecule has 0 aromatic carbocycles. The fourth-order valence-corrected chi connectivity index (χ4v) is 1.92. The summed E-state index contributed by atoms with van der Waals surface area (Å²) in [7, 11) is 1.39. The van der Waals surface area contributed by atoms with Crippen molar-refractivity contribution in [3.05, 3.63) is 0 Å². The lowest BCUT2D eigenvalue weighted by molar-refractivity contribution is -0.141. The Hall–Kier alpha value is -1.65. The Balaban J connectivity index is 2.16. The summed E-state index contributed by atoms with van der Waals surface area (Å²) < 4.78 is 4.60. The first kappa shape index (κ1) is 15.4. The second kappa shape index (κ2) is 8.45. The molecule has 1 rings (SSSR count). The van der Waals surface area contributed by atoms with Crippen molar-refractivity contribution in [2.24, 2.45) is 0 Å². The number of carbonyl (C=O) groups excluding carboxylic acids is 2. The third-order valence-electron chi connectivity index (χ3n) is 3.06. The van der Waals surface area contributed by atoms with E-state index >= 15 is 0 Å². The van der Waals surface area contributed by atoms with E-state index in [9.17, 15) is 9.59 Å². The Labute approximate surface area is 113 Å².